The molecule has 2 rings (SSSR count). The van der Waals surface area contributed by atoms with E-state index in [9.17, 15) is 19.2 Å². The molecule has 4 amide bonds. The summed E-state index contributed by atoms with van der Waals surface area (Å²) in [5, 5.41) is 5.28. The lowest BCUT2D eigenvalue weighted by Gasteiger charge is -2.25. The summed E-state index contributed by atoms with van der Waals surface area (Å²) in [5.74, 6) is -0.778. The Morgan fingerprint density at radius 1 is 1.22 bits per heavy atom. The molecule has 8 heteroatoms. The van der Waals surface area contributed by atoms with Crippen LogP contribution in [0, 0.1) is 5.41 Å². The van der Waals surface area contributed by atoms with Crippen LogP contribution in [0.25, 0.3) is 0 Å². The van der Waals surface area contributed by atoms with Crippen molar-refractivity contribution in [3.8, 4) is 0 Å². The van der Waals surface area contributed by atoms with Crippen LogP contribution < -0.4 is 10.6 Å². The topological polar surface area (TPSA) is 95.6 Å². The van der Waals surface area contributed by atoms with Crippen molar-refractivity contribution >= 4 is 34.7 Å². The number of hydrogen-bond donors (Lipinski definition) is 2. The van der Waals surface area contributed by atoms with E-state index in [1.807, 2.05) is 0 Å². The smallest absolute Gasteiger partial charge is 0.288 e. The highest BCUT2D eigenvalue weighted by atomic mass is 32.2. The number of carbonyl (C=O) groups is 4. The minimum atomic E-state index is -1.18. The van der Waals surface area contributed by atoms with E-state index < -0.39 is 11.3 Å². The van der Waals surface area contributed by atoms with Crippen molar-refractivity contribution < 1.29 is 19.2 Å². The van der Waals surface area contributed by atoms with E-state index >= 15 is 0 Å². The molecule has 0 spiro atoms. The van der Waals surface area contributed by atoms with E-state index in [1.54, 1.807) is 13.8 Å². The van der Waals surface area contributed by atoms with Crippen molar-refractivity contribution in [1.82, 2.24) is 15.5 Å². The van der Waals surface area contributed by atoms with Gasteiger partial charge in [0.15, 0.2) is 0 Å². The molecular formula is C15H23N3O4S. The maximum Gasteiger partial charge on any atom is 0.288 e. The number of rotatable bonds is 6. The molecule has 1 heterocycles. The minimum Gasteiger partial charge on any atom is -0.353 e. The lowest BCUT2D eigenvalue weighted by atomic mass is 9.90. The molecule has 0 atom stereocenters. The highest BCUT2D eigenvalue weighted by molar-refractivity contribution is 8.14. The summed E-state index contributed by atoms with van der Waals surface area (Å²) >= 11 is 0.961. The van der Waals surface area contributed by atoms with Crippen molar-refractivity contribution in [2.24, 2.45) is 5.41 Å². The monoisotopic (exact) mass is 341 g/mol. The Bertz CT molecular complexity index is 499. The van der Waals surface area contributed by atoms with E-state index in [1.165, 1.54) is 0 Å². The second-order valence-corrected chi connectivity index (χ2v) is 7.36. The Labute approximate surface area is 139 Å². The summed E-state index contributed by atoms with van der Waals surface area (Å²) in [5.41, 5.74) is -1.18. The van der Waals surface area contributed by atoms with Crippen LogP contribution in [0.4, 0.5) is 4.79 Å². The van der Waals surface area contributed by atoms with Gasteiger partial charge in [-0.25, -0.2) is 0 Å². The van der Waals surface area contributed by atoms with Crippen LogP contribution in [-0.2, 0) is 14.4 Å². The number of nitrogens with zero attached hydrogens (tertiary/aromatic N) is 1. The average Bonchev–Trinajstić information content (AvgIpc) is 3.11. The Balaban J connectivity index is 1.79. The molecule has 0 aromatic rings. The van der Waals surface area contributed by atoms with Gasteiger partial charge in [-0.15, -0.1) is 0 Å². The third-order valence-corrected chi connectivity index (χ3v) is 5.15. The molecule has 0 aromatic heterocycles. The van der Waals surface area contributed by atoms with Crippen LogP contribution >= 0.6 is 11.8 Å². The van der Waals surface area contributed by atoms with Gasteiger partial charge in [0, 0.05) is 19.1 Å². The van der Waals surface area contributed by atoms with Crippen LogP contribution in [0.3, 0.4) is 0 Å². The Hall–Kier alpha value is -1.57. The molecule has 23 heavy (non-hydrogen) atoms. The third-order valence-electron chi connectivity index (χ3n) is 4.29. The highest BCUT2D eigenvalue weighted by Gasteiger charge is 2.37. The lowest BCUT2D eigenvalue weighted by Crippen LogP contribution is -2.51. The summed E-state index contributed by atoms with van der Waals surface area (Å²) < 4.78 is 0. The third kappa shape index (κ3) is 4.25. The largest absolute Gasteiger partial charge is 0.353 e. The Kier molecular flexibility index (Phi) is 5.67. The fourth-order valence-corrected chi connectivity index (χ4v) is 3.39. The van der Waals surface area contributed by atoms with Gasteiger partial charge < -0.3 is 10.6 Å². The van der Waals surface area contributed by atoms with Gasteiger partial charge in [-0.1, -0.05) is 24.6 Å². The number of hydrogen-bond acceptors (Lipinski definition) is 5. The van der Waals surface area contributed by atoms with Gasteiger partial charge in [0.1, 0.15) is 5.41 Å². The van der Waals surface area contributed by atoms with Gasteiger partial charge in [0.05, 0.1) is 5.75 Å². The van der Waals surface area contributed by atoms with E-state index in [2.05, 4.69) is 10.6 Å². The first-order valence-corrected chi connectivity index (χ1v) is 8.87. The number of thioether (sulfide) groups is 1. The lowest BCUT2D eigenvalue weighted by molar-refractivity contribution is -0.142. The molecule has 2 aliphatic rings. The van der Waals surface area contributed by atoms with Gasteiger partial charge in [-0.05, 0) is 26.7 Å². The number of imide groups is 1. The summed E-state index contributed by atoms with van der Waals surface area (Å²) in [4.78, 5) is 48.6. The highest BCUT2D eigenvalue weighted by Crippen LogP contribution is 2.22. The van der Waals surface area contributed by atoms with E-state index in [0.717, 1.165) is 42.3 Å². The first-order valence-electron chi connectivity index (χ1n) is 7.89. The number of nitrogens with one attached hydrogen (secondary N) is 2. The number of carbonyl (C=O) groups excluding carboxylic acids is 4. The zero-order chi connectivity index (χ0) is 17.0. The maximum absolute atomic E-state index is 12.3. The fourth-order valence-electron chi connectivity index (χ4n) is 2.64. The molecule has 2 N–H and O–H groups in total. The van der Waals surface area contributed by atoms with Gasteiger partial charge in [-0.3, -0.25) is 24.1 Å². The van der Waals surface area contributed by atoms with Crippen molar-refractivity contribution in [3.63, 3.8) is 0 Å². The molecular weight excluding hydrogens is 318 g/mol. The molecule has 0 unspecified atom stereocenters. The van der Waals surface area contributed by atoms with Crippen molar-refractivity contribution in [3.05, 3.63) is 0 Å². The summed E-state index contributed by atoms with van der Waals surface area (Å²) in [6, 6.07) is 0.159. The predicted octanol–water partition coefficient (Wildman–Crippen LogP) is 0.883. The molecule has 0 bridgehead atoms. The Morgan fingerprint density at radius 3 is 2.43 bits per heavy atom. The van der Waals surface area contributed by atoms with Crippen molar-refractivity contribution in [2.45, 2.75) is 45.6 Å². The van der Waals surface area contributed by atoms with Crippen molar-refractivity contribution in [1.29, 1.82) is 0 Å². The first-order chi connectivity index (χ1) is 10.8. The molecule has 2 fully saturated rings. The quantitative estimate of drug-likeness (QED) is 0.699. The van der Waals surface area contributed by atoms with Gasteiger partial charge in [-0.2, -0.15) is 0 Å². The van der Waals surface area contributed by atoms with Crippen LogP contribution in [0.5, 0.6) is 0 Å². The molecule has 0 aromatic carbocycles. The minimum absolute atomic E-state index is 0.136. The van der Waals surface area contributed by atoms with Crippen LogP contribution in [0.2, 0.25) is 0 Å². The summed E-state index contributed by atoms with van der Waals surface area (Å²) in [7, 11) is 0. The van der Waals surface area contributed by atoms with Crippen LogP contribution in [0.1, 0.15) is 39.5 Å². The SMILES string of the molecule is CC(C)(C(=O)NCCN1C(=O)CSC1=O)C(=O)NC1CCCC1. The van der Waals surface area contributed by atoms with Gasteiger partial charge in [0.2, 0.25) is 17.7 Å². The molecule has 0 radical (unpaired) electrons. The van der Waals surface area contributed by atoms with E-state index in [4.69, 9.17) is 0 Å². The second kappa shape index (κ2) is 7.33. The fraction of sp³-hybridized carbons (Fsp3) is 0.733. The second-order valence-electron chi connectivity index (χ2n) is 6.44. The Morgan fingerprint density at radius 2 is 1.87 bits per heavy atom. The summed E-state index contributed by atoms with van der Waals surface area (Å²) in [6.45, 7) is 3.44. The molecule has 1 saturated heterocycles. The zero-order valence-corrected chi connectivity index (χ0v) is 14.3. The molecule has 7 nitrogen and oxygen atoms in total. The van der Waals surface area contributed by atoms with Crippen LogP contribution in [0.15, 0.2) is 0 Å². The van der Waals surface area contributed by atoms with Crippen molar-refractivity contribution in [2.75, 3.05) is 18.8 Å². The standard InChI is InChI=1S/C15H23N3O4S/c1-15(2,13(21)17-10-5-3-4-6-10)12(20)16-7-8-18-11(19)9-23-14(18)22/h10H,3-9H2,1-2H3,(H,16,20)(H,17,21). The van der Waals surface area contributed by atoms with Gasteiger partial charge in [0.25, 0.3) is 5.24 Å². The molecule has 1 aliphatic carbocycles. The normalized spacial score (nSPS) is 19.3. The van der Waals surface area contributed by atoms with Crippen LogP contribution in [-0.4, -0.2) is 52.7 Å². The van der Waals surface area contributed by atoms with E-state index in [0.29, 0.717) is 0 Å². The average molecular weight is 341 g/mol. The number of amides is 4. The predicted molar refractivity (Wildman–Crippen MR) is 86.8 cm³/mol. The van der Waals surface area contributed by atoms with Gasteiger partial charge >= 0.3 is 0 Å². The molecule has 1 aliphatic heterocycles. The van der Waals surface area contributed by atoms with E-state index in [-0.39, 0.29) is 41.9 Å². The maximum atomic E-state index is 12.3. The summed E-state index contributed by atoms with van der Waals surface area (Å²) in [6.07, 6.45) is 4.13. The molecule has 1 saturated carbocycles. The first kappa shape index (κ1) is 17.8. The zero-order valence-electron chi connectivity index (χ0n) is 13.5. The molecule has 128 valence electrons.